The Balaban J connectivity index is 2.10. The number of rotatable bonds is 3. The van der Waals surface area contributed by atoms with Crippen molar-refractivity contribution in [1.29, 1.82) is 0 Å². The monoisotopic (exact) mass is 354 g/mol. The summed E-state index contributed by atoms with van der Waals surface area (Å²) < 4.78 is 0.665. The van der Waals surface area contributed by atoms with E-state index in [-0.39, 0.29) is 17.6 Å². The van der Waals surface area contributed by atoms with Crippen molar-refractivity contribution in [1.82, 2.24) is 4.90 Å². The Hall–Kier alpha value is -1.56. The molecule has 2 N–H and O–H groups in total. The van der Waals surface area contributed by atoms with E-state index in [1.165, 1.54) is 12.5 Å². The second-order valence-corrected chi connectivity index (χ2v) is 6.24. The van der Waals surface area contributed by atoms with Gasteiger partial charge in [0.05, 0.1) is 11.3 Å². The molecule has 1 aromatic carbocycles. The normalized spacial score (nSPS) is 15.5. The number of benzene rings is 1. The van der Waals surface area contributed by atoms with Crippen molar-refractivity contribution >= 4 is 33.6 Å². The minimum Gasteiger partial charge on any atom is -0.478 e. The number of hydrogen-bond donors (Lipinski definition) is 2. The van der Waals surface area contributed by atoms with E-state index < -0.39 is 5.97 Å². The highest BCUT2D eigenvalue weighted by Gasteiger charge is 2.23. The molecule has 0 atom stereocenters. The summed E-state index contributed by atoms with van der Waals surface area (Å²) in [5, 5.41) is 11.9. The maximum absolute atomic E-state index is 12.3. The Morgan fingerprint density at radius 3 is 2.57 bits per heavy atom. The second-order valence-electron chi connectivity index (χ2n) is 5.33. The van der Waals surface area contributed by atoms with Gasteiger partial charge in [-0.05, 0) is 31.0 Å². The third-order valence-corrected chi connectivity index (χ3v) is 4.39. The van der Waals surface area contributed by atoms with E-state index in [0.717, 1.165) is 25.7 Å². The summed E-state index contributed by atoms with van der Waals surface area (Å²) in [7, 11) is 1.77. The third kappa shape index (κ3) is 3.97. The molecule has 1 saturated carbocycles. The quantitative estimate of drug-likeness (QED) is 0.863. The zero-order valence-corrected chi connectivity index (χ0v) is 13.5. The fourth-order valence-corrected chi connectivity index (χ4v) is 3.00. The molecule has 0 heterocycles. The van der Waals surface area contributed by atoms with Crippen LogP contribution in [0.2, 0.25) is 0 Å². The van der Waals surface area contributed by atoms with Gasteiger partial charge >= 0.3 is 12.0 Å². The van der Waals surface area contributed by atoms with Crippen LogP contribution in [-0.4, -0.2) is 35.1 Å². The molecule has 0 aromatic heterocycles. The molecule has 1 aliphatic rings. The number of urea groups is 1. The van der Waals surface area contributed by atoms with Gasteiger partial charge in [-0.15, -0.1) is 0 Å². The number of anilines is 1. The Morgan fingerprint density at radius 1 is 1.29 bits per heavy atom. The Morgan fingerprint density at radius 2 is 1.95 bits per heavy atom. The van der Waals surface area contributed by atoms with Gasteiger partial charge in [-0.2, -0.15) is 0 Å². The van der Waals surface area contributed by atoms with Gasteiger partial charge in [0.15, 0.2) is 0 Å². The first kappa shape index (κ1) is 15.8. The zero-order chi connectivity index (χ0) is 15.4. The van der Waals surface area contributed by atoms with Gasteiger partial charge < -0.3 is 15.3 Å². The number of hydrogen-bond acceptors (Lipinski definition) is 2. The molecular weight excluding hydrogens is 336 g/mol. The van der Waals surface area contributed by atoms with Crippen LogP contribution in [0.15, 0.2) is 22.7 Å². The first-order chi connectivity index (χ1) is 9.99. The fraction of sp³-hybridized carbons (Fsp3) is 0.467. The van der Waals surface area contributed by atoms with Gasteiger partial charge in [-0.3, -0.25) is 0 Å². The second kappa shape index (κ2) is 6.93. The minimum absolute atomic E-state index is 0.0785. The van der Waals surface area contributed by atoms with Crippen molar-refractivity contribution in [2.24, 2.45) is 0 Å². The predicted molar refractivity (Wildman–Crippen MR) is 84.8 cm³/mol. The summed E-state index contributed by atoms with van der Waals surface area (Å²) in [6.45, 7) is 0. The SMILES string of the molecule is CN(C(=O)Nc1ccc(Br)cc1C(=O)O)C1CCCCC1. The standard InChI is InChI=1S/C15H19BrN2O3/c1-18(11-5-3-2-4-6-11)15(21)17-13-8-7-10(16)9-12(13)14(19)20/h7-9,11H,2-6H2,1H3,(H,17,21)(H,19,20). The van der Waals surface area contributed by atoms with E-state index in [1.807, 2.05) is 0 Å². The molecule has 1 aromatic rings. The maximum Gasteiger partial charge on any atom is 0.337 e. The molecule has 0 aliphatic heterocycles. The largest absolute Gasteiger partial charge is 0.478 e. The number of halogens is 1. The average molecular weight is 355 g/mol. The van der Waals surface area contributed by atoms with Gasteiger partial charge in [0.25, 0.3) is 0 Å². The summed E-state index contributed by atoms with van der Waals surface area (Å²) in [5.74, 6) is -1.06. The molecule has 5 nitrogen and oxygen atoms in total. The topological polar surface area (TPSA) is 69.6 Å². The van der Waals surface area contributed by atoms with Crippen LogP contribution in [0.4, 0.5) is 10.5 Å². The zero-order valence-electron chi connectivity index (χ0n) is 11.9. The van der Waals surface area contributed by atoms with E-state index in [2.05, 4.69) is 21.2 Å². The number of nitrogens with one attached hydrogen (secondary N) is 1. The van der Waals surface area contributed by atoms with Crippen LogP contribution in [0, 0.1) is 0 Å². The van der Waals surface area contributed by atoms with Crippen molar-refractivity contribution in [2.75, 3.05) is 12.4 Å². The summed E-state index contributed by atoms with van der Waals surface area (Å²) in [5.41, 5.74) is 0.396. The molecule has 2 rings (SSSR count). The molecule has 1 aliphatic carbocycles. The predicted octanol–water partition coefficient (Wildman–Crippen LogP) is 3.94. The van der Waals surface area contributed by atoms with Gasteiger partial charge in [0.1, 0.15) is 0 Å². The van der Waals surface area contributed by atoms with Crippen LogP contribution in [0.5, 0.6) is 0 Å². The smallest absolute Gasteiger partial charge is 0.337 e. The molecular formula is C15H19BrN2O3. The van der Waals surface area contributed by atoms with E-state index >= 15 is 0 Å². The van der Waals surface area contributed by atoms with E-state index in [1.54, 1.807) is 24.1 Å². The Labute approximate surface area is 132 Å². The molecule has 6 heteroatoms. The molecule has 21 heavy (non-hydrogen) atoms. The van der Waals surface area contributed by atoms with E-state index in [4.69, 9.17) is 0 Å². The lowest BCUT2D eigenvalue weighted by Crippen LogP contribution is -2.41. The Kier molecular flexibility index (Phi) is 5.22. The summed E-state index contributed by atoms with van der Waals surface area (Å²) >= 11 is 3.24. The van der Waals surface area contributed by atoms with Gasteiger partial charge in [-0.25, -0.2) is 9.59 Å². The molecule has 0 unspecified atom stereocenters. The molecule has 0 saturated heterocycles. The average Bonchev–Trinajstić information content (AvgIpc) is 2.49. The van der Waals surface area contributed by atoms with Crippen LogP contribution in [-0.2, 0) is 0 Å². The van der Waals surface area contributed by atoms with Crippen LogP contribution >= 0.6 is 15.9 Å². The van der Waals surface area contributed by atoms with Gasteiger partial charge in [0.2, 0.25) is 0 Å². The van der Waals surface area contributed by atoms with E-state index in [9.17, 15) is 14.7 Å². The lowest BCUT2D eigenvalue weighted by Gasteiger charge is -2.31. The number of aromatic carboxylic acids is 1. The number of carbonyl (C=O) groups excluding carboxylic acids is 1. The lowest BCUT2D eigenvalue weighted by atomic mass is 9.95. The van der Waals surface area contributed by atoms with Crippen LogP contribution in [0.25, 0.3) is 0 Å². The first-order valence-corrected chi connectivity index (χ1v) is 7.85. The summed E-state index contributed by atoms with van der Waals surface area (Å²) in [6, 6.07) is 4.77. The van der Waals surface area contributed by atoms with Gasteiger partial charge in [0, 0.05) is 17.6 Å². The molecule has 0 bridgehead atoms. The molecule has 2 amide bonds. The third-order valence-electron chi connectivity index (χ3n) is 3.90. The molecule has 1 fully saturated rings. The number of carboxylic acid groups (broad SMARTS) is 1. The first-order valence-electron chi connectivity index (χ1n) is 7.05. The van der Waals surface area contributed by atoms with Gasteiger partial charge in [-0.1, -0.05) is 35.2 Å². The number of nitrogens with zero attached hydrogens (tertiary/aromatic N) is 1. The highest BCUT2D eigenvalue weighted by Crippen LogP contribution is 2.24. The summed E-state index contributed by atoms with van der Waals surface area (Å²) in [4.78, 5) is 25.2. The van der Waals surface area contributed by atoms with Crippen LogP contribution in [0.3, 0.4) is 0 Å². The highest BCUT2D eigenvalue weighted by atomic mass is 79.9. The van der Waals surface area contributed by atoms with Crippen molar-refractivity contribution in [2.45, 2.75) is 38.1 Å². The minimum atomic E-state index is -1.06. The van der Waals surface area contributed by atoms with Crippen molar-refractivity contribution in [3.8, 4) is 0 Å². The number of carboxylic acids is 1. The molecule has 114 valence electrons. The van der Waals surface area contributed by atoms with Crippen LogP contribution in [0.1, 0.15) is 42.5 Å². The number of carbonyl (C=O) groups is 2. The fourth-order valence-electron chi connectivity index (χ4n) is 2.64. The Bertz CT molecular complexity index is 542. The van der Waals surface area contributed by atoms with Crippen molar-refractivity contribution in [3.63, 3.8) is 0 Å². The lowest BCUT2D eigenvalue weighted by molar-refractivity contribution is 0.0698. The molecule has 0 radical (unpaired) electrons. The molecule has 0 spiro atoms. The van der Waals surface area contributed by atoms with Crippen molar-refractivity contribution < 1.29 is 14.7 Å². The summed E-state index contributed by atoms with van der Waals surface area (Å²) in [6.07, 6.45) is 5.52. The van der Waals surface area contributed by atoms with Crippen molar-refractivity contribution in [3.05, 3.63) is 28.2 Å². The highest BCUT2D eigenvalue weighted by molar-refractivity contribution is 9.10. The maximum atomic E-state index is 12.3. The number of amides is 2. The van der Waals surface area contributed by atoms with E-state index in [0.29, 0.717) is 10.2 Å². The van der Waals surface area contributed by atoms with Crippen LogP contribution < -0.4 is 5.32 Å².